The lowest BCUT2D eigenvalue weighted by molar-refractivity contribution is 0.601. The van der Waals surface area contributed by atoms with Crippen LogP contribution in [0.3, 0.4) is 0 Å². The van der Waals surface area contributed by atoms with Crippen molar-refractivity contribution >= 4 is 0 Å². The van der Waals surface area contributed by atoms with Gasteiger partial charge in [0.15, 0.2) is 0 Å². The van der Waals surface area contributed by atoms with E-state index in [-0.39, 0.29) is 0 Å². The van der Waals surface area contributed by atoms with Gasteiger partial charge in [0.05, 0.1) is 0 Å². The maximum Gasteiger partial charge on any atom is 0.0359 e. The molecule has 0 saturated carbocycles. The zero-order valence-electron chi connectivity index (χ0n) is 9.80. The Morgan fingerprint density at radius 2 is 1.93 bits per heavy atom. The van der Waals surface area contributed by atoms with Crippen molar-refractivity contribution < 1.29 is 0 Å². The number of hydrogen-bond acceptors (Lipinski definition) is 1. The minimum atomic E-state index is 0.732. The molecule has 1 rings (SSSR count). The number of nitrogens with one attached hydrogen (secondary N) is 1. The van der Waals surface area contributed by atoms with E-state index in [9.17, 15) is 0 Å². The molecule has 0 saturated heterocycles. The number of hydrogen-bond donors (Lipinski definition) is 1. The van der Waals surface area contributed by atoms with Gasteiger partial charge < -0.3 is 9.88 Å². The monoisotopic (exact) mass is 194 g/mol. The fraction of sp³-hybridized carbons (Fsp3) is 0.667. The molecule has 1 heterocycles. The molecule has 2 heteroatoms. The van der Waals surface area contributed by atoms with E-state index in [4.69, 9.17) is 0 Å². The van der Waals surface area contributed by atoms with Crippen LogP contribution in [0, 0.1) is 5.92 Å². The average Bonchev–Trinajstić information content (AvgIpc) is 2.45. The van der Waals surface area contributed by atoms with Gasteiger partial charge in [-0.3, -0.25) is 0 Å². The predicted octanol–water partition coefficient (Wildman–Crippen LogP) is 2.33. The third-order valence-corrected chi connectivity index (χ3v) is 2.50. The molecule has 14 heavy (non-hydrogen) atoms. The molecule has 80 valence electrons. The molecule has 0 spiro atoms. The molecule has 1 aromatic rings. The minimum Gasteiger partial charge on any atom is -0.350 e. The summed E-state index contributed by atoms with van der Waals surface area (Å²) in [6.07, 6.45) is 1.17. The summed E-state index contributed by atoms with van der Waals surface area (Å²) in [4.78, 5) is 0. The third kappa shape index (κ3) is 2.88. The van der Waals surface area contributed by atoms with E-state index in [1.165, 1.54) is 17.8 Å². The molecule has 0 bridgehead atoms. The van der Waals surface area contributed by atoms with E-state index in [1.54, 1.807) is 0 Å². The molecule has 0 unspecified atom stereocenters. The quantitative estimate of drug-likeness (QED) is 0.761. The Hall–Kier alpha value is -0.760. The van der Waals surface area contributed by atoms with E-state index < -0.39 is 0 Å². The Kier molecular flexibility index (Phi) is 4.21. The Labute approximate surface area is 87.3 Å². The van der Waals surface area contributed by atoms with Gasteiger partial charge in [-0.05, 0) is 31.0 Å². The predicted molar refractivity (Wildman–Crippen MR) is 61.3 cm³/mol. The summed E-state index contributed by atoms with van der Waals surface area (Å²) in [6, 6.07) is 4.47. The van der Waals surface area contributed by atoms with Crippen LogP contribution in [0.2, 0.25) is 0 Å². The Morgan fingerprint density at radius 1 is 1.29 bits per heavy atom. The summed E-state index contributed by atoms with van der Waals surface area (Å²) < 4.78 is 2.31. The van der Waals surface area contributed by atoms with E-state index in [2.05, 4.69) is 49.8 Å². The SMILES string of the molecule is CCNCc1ccc(CC(C)C)n1C. The average molecular weight is 194 g/mol. The van der Waals surface area contributed by atoms with Crippen LogP contribution in [0.25, 0.3) is 0 Å². The highest BCUT2D eigenvalue weighted by molar-refractivity contribution is 5.16. The van der Waals surface area contributed by atoms with Crippen molar-refractivity contribution in [2.75, 3.05) is 6.54 Å². The number of aromatic nitrogens is 1. The Bertz CT molecular complexity index is 274. The lowest BCUT2D eigenvalue weighted by Crippen LogP contribution is -2.15. The van der Waals surface area contributed by atoms with Gasteiger partial charge in [-0.1, -0.05) is 20.8 Å². The van der Waals surface area contributed by atoms with Crippen LogP contribution in [-0.4, -0.2) is 11.1 Å². The molecular formula is C12H22N2. The van der Waals surface area contributed by atoms with Gasteiger partial charge in [-0.25, -0.2) is 0 Å². The molecule has 1 N–H and O–H groups in total. The standard InChI is InChI=1S/C12H22N2/c1-5-13-9-12-7-6-11(14(12)4)8-10(2)3/h6-7,10,13H,5,8-9H2,1-4H3. The highest BCUT2D eigenvalue weighted by Gasteiger charge is 2.05. The van der Waals surface area contributed by atoms with E-state index >= 15 is 0 Å². The molecule has 0 aliphatic rings. The molecular weight excluding hydrogens is 172 g/mol. The van der Waals surface area contributed by atoms with Crippen LogP contribution in [0.1, 0.15) is 32.2 Å². The van der Waals surface area contributed by atoms with Crippen molar-refractivity contribution in [3.63, 3.8) is 0 Å². The van der Waals surface area contributed by atoms with E-state index in [0.717, 1.165) is 19.0 Å². The zero-order chi connectivity index (χ0) is 10.6. The summed E-state index contributed by atoms with van der Waals surface area (Å²) in [5, 5.41) is 3.35. The molecule has 0 atom stereocenters. The van der Waals surface area contributed by atoms with Crippen LogP contribution in [0.5, 0.6) is 0 Å². The van der Waals surface area contributed by atoms with Crippen LogP contribution in [-0.2, 0) is 20.0 Å². The van der Waals surface area contributed by atoms with Crippen molar-refractivity contribution in [2.24, 2.45) is 13.0 Å². The smallest absolute Gasteiger partial charge is 0.0359 e. The Morgan fingerprint density at radius 3 is 2.50 bits per heavy atom. The molecule has 1 aromatic heterocycles. The van der Waals surface area contributed by atoms with Gasteiger partial charge in [0, 0.05) is 25.0 Å². The summed E-state index contributed by atoms with van der Waals surface area (Å²) in [6.45, 7) is 8.67. The minimum absolute atomic E-state index is 0.732. The molecule has 0 amide bonds. The lowest BCUT2D eigenvalue weighted by atomic mass is 10.1. The molecule has 0 radical (unpaired) electrons. The molecule has 0 aromatic carbocycles. The number of nitrogens with zero attached hydrogens (tertiary/aromatic N) is 1. The van der Waals surface area contributed by atoms with Crippen LogP contribution >= 0.6 is 0 Å². The van der Waals surface area contributed by atoms with Gasteiger partial charge in [0.1, 0.15) is 0 Å². The zero-order valence-corrected chi connectivity index (χ0v) is 9.80. The van der Waals surface area contributed by atoms with Gasteiger partial charge >= 0.3 is 0 Å². The van der Waals surface area contributed by atoms with E-state index in [0.29, 0.717) is 0 Å². The maximum absolute atomic E-state index is 3.35. The summed E-state index contributed by atoms with van der Waals surface area (Å²) >= 11 is 0. The summed E-state index contributed by atoms with van der Waals surface area (Å²) in [5.41, 5.74) is 2.82. The fourth-order valence-electron chi connectivity index (χ4n) is 1.65. The largest absolute Gasteiger partial charge is 0.350 e. The highest BCUT2D eigenvalue weighted by Crippen LogP contribution is 2.11. The van der Waals surface area contributed by atoms with Crippen molar-refractivity contribution in [1.82, 2.24) is 9.88 Å². The topological polar surface area (TPSA) is 17.0 Å². The van der Waals surface area contributed by atoms with Crippen molar-refractivity contribution in [2.45, 2.75) is 33.7 Å². The van der Waals surface area contributed by atoms with Crippen molar-refractivity contribution in [1.29, 1.82) is 0 Å². The van der Waals surface area contributed by atoms with Crippen LogP contribution in [0.15, 0.2) is 12.1 Å². The molecule has 0 fully saturated rings. The van der Waals surface area contributed by atoms with E-state index in [1.807, 2.05) is 0 Å². The second kappa shape index (κ2) is 5.20. The summed E-state index contributed by atoms with van der Waals surface area (Å²) in [5.74, 6) is 0.732. The highest BCUT2D eigenvalue weighted by atomic mass is 15.0. The van der Waals surface area contributed by atoms with Crippen LogP contribution in [0.4, 0.5) is 0 Å². The lowest BCUT2D eigenvalue weighted by Gasteiger charge is -2.09. The first-order chi connectivity index (χ1) is 6.65. The van der Waals surface area contributed by atoms with Crippen LogP contribution < -0.4 is 5.32 Å². The second-order valence-electron chi connectivity index (χ2n) is 4.25. The molecule has 0 aliphatic carbocycles. The third-order valence-electron chi connectivity index (χ3n) is 2.50. The van der Waals surface area contributed by atoms with Crippen molar-refractivity contribution in [3.8, 4) is 0 Å². The number of rotatable bonds is 5. The summed E-state index contributed by atoms with van der Waals surface area (Å²) in [7, 11) is 2.16. The first-order valence-electron chi connectivity index (χ1n) is 5.49. The first kappa shape index (κ1) is 11.3. The normalized spacial score (nSPS) is 11.2. The van der Waals surface area contributed by atoms with Crippen molar-refractivity contribution in [3.05, 3.63) is 23.5 Å². The van der Waals surface area contributed by atoms with Gasteiger partial charge in [-0.2, -0.15) is 0 Å². The fourth-order valence-corrected chi connectivity index (χ4v) is 1.65. The molecule has 2 nitrogen and oxygen atoms in total. The Balaban J connectivity index is 2.65. The second-order valence-corrected chi connectivity index (χ2v) is 4.25. The van der Waals surface area contributed by atoms with Gasteiger partial charge in [0.25, 0.3) is 0 Å². The maximum atomic E-state index is 3.35. The first-order valence-corrected chi connectivity index (χ1v) is 5.49. The van der Waals surface area contributed by atoms with Gasteiger partial charge in [0.2, 0.25) is 0 Å². The van der Waals surface area contributed by atoms with Gasteiger partial charge in [-0.15, -0.1) is 0 Å². The molecule has 0 aliphatic heterocycles.